The highest BCUT2D eigenvalue weighted by Gasteiger charge is 2.27. The maximum atomic E-state index is 10.1. The molecule has 0 aliphatic heterocycles. The minimum atomic E-state index is -1.51. The van der Waals surface area contributed by atoms with Crippen molar-refractivity contribution in [2.45, 2.75) is 34.5 Å². The Morgan fingerprint density at radius 2 is 1.14 bits per heavy atom. The highest BCUT2D eigenvalue weighted by molar-refractivity contribution is 7.97. The fourth-order valence-corrected chi connectivity index (χ4v) is 4.81. The quantitative estimate of drug-likeness (QED) is 0.473. The molecule has 0 saturated carbocycles. The lowest BCUT2D eigenvalue weighted by Crippen LogP contribution is -2.36. The summed E-state index contributed by atoms with van der Waals surface area (Å²) in [7, 11) is -0.0146. The van der Waals surface area contributed by atoms with Gasteiger partial charge in [-0.2, -0.15) is 0 Å². The smallest absolute Gasteiger partial charge is 0.312 e. The van der Waals surface area contributed by atoms with Gasteiger partial charge in [-0.25, -0.2) is 0 Å². The van der Waals surface area contributed by atoms with Crippen molar-refractivity contribution in [1.82, 2.24) is 0 Å². The van der Waals surface area contributed by atoms with E-state index in [1.165, 1.54) is 14.7 Å². The molecule has 1 N–H and O–H groups in total. The number of hydrogen-bond acceptors (Lipinski definition) is 3. The Morgan fingerprint density at radius 1 is 0.793 bits per heavy atom. The van der Waals surface area contributed by atoms with Crippen LogP contribution in [0.2, 0.25) is 0 Å². The van der Waals surface area contributed by atoms with Gasteiger partial charge < -0.3 is 15.0 Å². The van der Waals surface area contributed by atoms with E-state index in [4.69, 9.17) is 5.11 Å². The van der Waals surface area contributed by atoms with Crippen LogP contribution < -0.4 is 5.11 Å². The fraction of sp³-hybridized carbons (Fsp3) is 0.167. The van der Waals surface area contributed by atoms with Crippen LogP contribution in [0.15, 0.2) is 106 Å². The Labute approximate surface area is 174 Å². The van der Waals surface area contributed by atoms with Crippen LogP contribution in [0.5, 0.6) is 0 Å². The molecule has 0 aliphatic rings. The maximum Gasteiger partial charge on any atom is 0.312 e. The van der Waals surface area contributed by atoms with Crippen LogP contribution in [0.3, 0.4) is 0 Å². The molecule has 5 heteroatoms. The van der Waals surface area contributed by atoms with Gasteiger partial charge in [0.15, 0.2) is 14.7 Å². The Kier molecular flexibility index (Phi) is 8.99. The molecule has 0 aromatic heterocycles. The van der Waals surface area contributed by atoms with Gasteiger partial charge in [-0.05, 0) is 42.8 Å². The third-order valence-corrected chi connectivity index (χ3v) is 6.33. The minimum absolute atomic E-state index is 0.0146. The molecule has 0 heterocycles. The second kappa shape index (κ2) is 11.7. The molecule has 1 atom stereocenters. The summed E-state index contributed by atoms with van der Waals surface area (Å²) in [5, 5.41) is 18.3. The number of carboxylic acids is 2. The molecule has 3 rings (SSSR count). The molecule has 0 fully saturated rings. The van der Waals surface area contributed by atoms with Gasteiger partial charge in [0.05, 0.1) is 22.8 Å². The predicted molar refractivity (Wildman–Crippen MR) is 113 cm³/mol. The second-order valence-corrected chi connectivity index (χ2v) is 8.27. The zero-order valence-electron chi connectivity index (χ0n) is 16.2. The van der Waals surface area contributed by atoms with Crippen molar-refractivity contribution in [3.05, 3.63) is 91.0 Å². The first-order valence-corrected chi connectivity index (χ1v) is 10.6. The monoisotopic (exact) mass is 408 g/mol. The molecular weight excluding hydrogens is 384 g/mol. The molecular formula is C24H24O4S. The zero-order valence-corrected chi connectivity index (χ0v) is 17.0. The van der Waals surface area contributed by atoms with E-state index < -0.39 is 17.9 Å². The fourth-order valence-electron chi connectivity index (χ4n) is 2.71. The Hall–Kier alpha value is -3.05. The number of benzene rings is 3. The van der Waals surface area contributed by atoms with E-state index in [9.17, 15) is 14.7 Å². The normalized spacial score (nSPS) is 11.2. The molecule has 0 spiro atoms. The molecule has 0 amide bonds. The SMILES string of the molecule is CCCC(C(=O)[O-])C(=O)O.c1ccc([S+](c2ccccc2)c2ccccc2)cc1. The summed E-state index contributed by atoms with van der Waals surface area (Å²) in [5.41, 5.74) is 0. The average molecular weight is 409 g/mol. The van der Waals surface area contributed by atoms with Gasteiger partial charge >= 0.3 is 5.97 Å². The van der Waals surface area contributed by atoms with Gasteiger partial charge in [0, 0.05) is 0 Å². The van der Waals surface area contributed by atoms with Gasteiger partial charge in [-0.3, -0.25) is 4.79 Å². The summed E-state index contributed by atoms with van der Waals surface area (Å²) < 4.78 is 0. The average Bonchev–Trinajstić information content (AvgIpc) is 2.74. The van der Waals surface area contributed by atoms with E-state index in [0.29, 0.717) is 6.42 Å². The molecule has 0 radical (unpaired) electrons. The summed E-state index contributed by atoms with van der Waals surface area (Å²) >= 11 is 0. The summed E-state index contributed by atoms with van der Waals surface area (Å²) in [6.07, 6.45) is 0.669. The second-order valence-electron chi connectivity index (χ2n) is 6.24. The number of rotatable bonds is 7. The summed E-state index contributed by atoms with van der Waals surface area (Å²) in [6, 6.07) is 32.2. The van der Waals surface area contributed by atoms with Crippen molar-refractivity contribution in [3.8, 4) is 0 Å². The van der Waals surface area contributed by atoms with E-state index in [1.807, 2.05) is 0 Å². The zero-order chi connectivity index (χ0) is 21.1. The number of carboxylic acid groups (broad SMARTS) is 2. The highest BCUT2D eigenvalue weighted by Crippen LogP contribution is 2.30. The lowest BCUT2D eigenvalue weighted by Gasteiger charge is -2.10. The predicted octanol–water partition coefficient (Wildman–Crippen LogP) is 4.02. The molecule has 0 aliphatic carbocycles. The lowest BCUT2D eigenvalue weighted by atomic mass is 10.1. The van der Waals surface area contributed by atoms with Crippen LogP contribution >= 0.6 is 0 Å². The van der Waals surface area contributed by atoms with Crippen LogP contribution in [-0.2, 0) is 20.5 Å². The Balaban J connectivity index is 0.000000257. The van der Waals surface area contributed by atoms with Gasteiger partial charge in [0.2, 0.25) is 0 Å². The van der Waals surface area contributed by atoms with Crippen LogP contribution in [-0.4, -0.2) is 17.0 Å². The first kappa shape index (κ1) is 22.2. The van der Waals surface area contributed by atoms with Gasteiger partial charge in [-0.15, -0.1) is 0 Å². The highest BCUT2D eigenvalue weighted by atomic mass is 32.2. The third-order valence-electron chi connectivity index (χ3n) is 4.10. The van der Waals surface area contributed by atoms with Crippen molar-refractivity contribution in [2.75, 3.05) is 0 Å². The number of aliphatic carboxylic acids is 2. The first-order chi connectivity index (χ1) is 14.0. The van der Waals surface area contributed by atoms with Crippen LogP contribution in [0.4, 0.5) is 0 Å². The molecule has 29 heavy (non-hydrogen) atoms. The van der Waals surface area contributed by atoms with Crippen LogP contribution in [0.25, 0.3) is 0 Å². The van der Waals surface area contributed by atoms with Gasteiger partial charge in [0.1, 0.15) is 0 Å². The van der Waals surface area contributed by atoms with Crippen LogP contribution in [0.1, 0.15) is 19.8 Å². The molecule has 0 bridgehead atoms. The van der Waals surface area contributed by atoms with Crippen molar-refractivity contribution < 1.29 is 19.8 Å². The third kappa shape index (κ3) is 6.80. The van der Waals surface area contributed by atoms with E-state index >= 15 is 0 Å². The van der Waals surface area contributed by atoms with E-state index in [-0.39, 0.29) is 17.3 Å². The Bertz CT molecular complexity index is 775. The molecule has 1 unspecified atom stereocenters. The number of carbonyl (C=O) groups excluding carboxylic acids is 1. The van der Waals surface area contributed by atoms with E-state index in [0.717, 1.165) is 0 Å². The van der Waals surface area contributed by atoms with Crippen LogP contribution in [0, 0.1) is 5.92 Å². The van der Waals surface area contributed by atoms with Crippen molar-refractivity contribution in [3.63, 3.8) is 0 Å². The van der Waals surface area contributed by atoms with Crippen molar-refractivity contribution in [1.29, 1.82) is 0 Å². The molecule has 0 saturated heterocycles. The number of carbonyl (C=O) groups is 2. The molecule has 3 aromatic carbocycles. The summed E-state index contributed by atoms with van der Waals surface area (Å²) in [6.45, 7) is 1.72. The standard InChI is InChI=1S/C18H15S.C6H10O4/c1-4-10-16(11-5-1)19(17-12-6-2-7-13-17)18-14-8-3-9-15-18;1-2-3-4(5(7)8)6(9)10/h1-15H;4H,2-3H2,1H3,(H,7,8)(H,9,10)/q+1;/p-1. The van der Waals surface area contributed by atoms with Crippen molar-refractivity contribution >= 4 is 22.8 Å². The van der Waals surface area contributed by atoms with Crippen molar-refractivity contribution in [2.24, 2.45) is 5.92 Å². The molecule has 150 valence electrons. The lowest BCUT2D eigenvalue weighted by molar-refractivity contribution is -0.310. The topological polar surface area (TPSA) is 77.4 Å². The maximum absolute atomic E-state index is 10.1. The van der Waals surface area contributed by atoms with E-state index in [2.05, 4.69) is 91.0 Å². The van der Waals surface area contributed by atoms with E-state index in [1.54, 1.807) is 6.92 Å². The minimum Gasteiger partial charge on any atom is -0.549 e. The largest absolute Gasteiger partial charge is 0.549 e. The summed E-state index contributed by atoms with van der Waals surface area (Å²) in [5.74, 6) is -4.17. The van der Waals surface area contributed by atoms with Gasteiger partial charge in [0.25, 0.3) is 0 Å². The Morgan fingerprint density at radius 3 is 1.34 bits per heavy atom. The first-order valence-electron chi connectivity index (χ1n) is 9.37. The molecule has 4 nitrogen and oxygen atoms in total. The molecule has 3 aromatic rings. The number of hydrogen-bond donors (Lipinski definition) is 1. The summed E-state index contributed by atoms with van der Waals surface area (Å²) in [4.78, 5) is 24.2. The van der Waals surface area contributed by atoms with Gasteiger partial charge in [-0.1, -0.05) is 67.9 Å².